The average Bonchev–Trinajstić information content (AvgIpc) is 2.85. The quantitative estimate of drug-likeness (QED) is 0.225. The molecule has 1 amide bonds. The van der Waals surface area contributed by atoms with E-state index in [1.165, 1.54) is 6.07 Å². The normalized spacial score (nSPS) is 12.0. The average molecular weight is 481 g/mol. The van der Waals surface area contributed by atoms with Gasteiger partial charge in [-0.3, -0.25) is 24.3 Å². The number of carbonyl (C=O) groups is 1. The van der Waals surface area contributed by atoms with Crippen LogP contribution >= 0.6 is 0 Å². The summed E-state index contributed by atoms with van der Waals surface area (Å²) in [5.74, 6) is 0.120. The highest BCUT2D eigenvalue weighted by Gasteiger charge is 2.28. The van der Waals surface area contributed by atoms with Gasteiger partial charge in [0, 0.05) is 30.8 Å². The number of para-hydroxylation sites is 1. The number of unbranched alkanes of at least 4 members (excludes halogenated alkanes) is 2. The number of hydrogen-bond donors (Lipinski definition) is 0. The minimum Gasteiger partial charge on any atom is -0.383 e. The van der Waals surface area contributed by atoms with Crippen LogP contribution in [0, 0.1) is 17.0 Å². The summed E-state index contributed by atoms with van der Waals surface area (Å²) < 4.78 is 6.78. The first kappa shape index (κ1) is 26.0. The van der Waals surface area contributed by atoms with E-state index in [9.17, 15) is 19.7 Å². The van der Waals surface area contributed by atoms with E-state index in [-0.39, 0.29) is 22.7 Å². The molecule has 1 heterocycles. The maximum Gasteiger partial charge on any atom is 0.273 e. The summed E-state index contributed by atoms with van der Waals surface area (Å²) in [6, 6.07) is 11.1. The Balaban J connectivity index is 2.11. The smallest absolute Gasteiger partial charge is 0.273 e. The lowest BCUT2D eigenvalue weighted by atomic mass is 10.1. The number of hydrogen-bond acceptors (Lipinski definition) is 6. The lowest BCUT2D eigenvalue weighted by Gasteiger charge is -2.31. The lowest BCUT2D eigenvalue weighted by molar-refractivity contribution is -0.385. The van der Waals surface area contributed by atoms with Gasteiger partial charge in [-0.25, -0.2) is 4.98 Å². The molecule has 0 spiro atoms. The summed E-state index contributed by atoms with van der Waals surface area (Å²) in [7, 11) is 1.56. The SMILES string of the molecule is CCCCCN(C(=O)c1ccc(C)c([N+](=O)[O-])c1)C(C)c1nc2ccccc2c(=O)n1CCOC. The number of aromatic nitrogens is 2. The van der Waals surface area contributed by atoms with Crippen molar-refractivity contribution in [3.05, 3.63) is 79.9 Å². The van der Waals surface area contributed by atoms with Gasteiger partial charge in [-0.15, -0.1) is 0 Å². The number of carbonyl (C=O) groups excluding carboxylic acids is 1. The summed E-state index contributed by atoms with van der Waals surface area (Å²) in [5.41, 5.74) is 0.984. The Morgan fingerprint density at radius 2 is 1.97 bits per heavy atom. The van der Waals surface area contributed by atoms with Crippen LogP contribution in [0.25, 0.3) is 10.9 Å². The first-order chi connectivity index (χ1) is 16.8. The van der Waals surface area contributed by atoms with Gasteiger partial charge in [0.05, 0.1) is 35.0 Å². The number of aryl methyl sites for hydroxylation is 1. The third-order valence-electron chi connectivity index (χ3n) is 6.17. The predicted molar refractivity (Wildman–Crippen MR) is 135 cm³/mol. The Morgan fingerprint density at radius 3 is 2.66 bits per heavy atom. The van der Waals surface area contributed by atoms with E-state index in [0.717, 1.165) is 19.3 Å². The number of nitro benzene ring substituents is 1. The second-order valence-electron chi connectivity index (χ2n) is 8.58. The van der Waals surface area contributed by atoms with Gasteiger partial charge in [0.2, 0.25) is 0 Å². The van der Waals surface area contributed by atoms with Crippen LogP contribution in [0.15, 0.2) is 47.3 Å². The number of amides is 1. The van der Waals surface area contributed by atoms with E-state index in [2.05, 4.69) is 6.92 Å². The highest BCUT2D eigenvalue weighted by atomic mass is 16.6. The molecule has 1 unspecified atom stereocenters. The van der Waals surface area contributed by atoms with E-state index >= 15 is 0 Å². The molecule has 35 heavy (non-hydrogen) atoms. The van der Waals surface area contributed by atoms with Crippen LogP contribution in [0.2, 0.25) is 0 Å². The van der Waals surface area contributed by atoms with E-state index in [1.54, 1.807) is 53.8 Å². The van der Waals surface area contributed by atoms with Crippen LogP contribution in [-0.4, -0.2) is 45.5 Å². The van der Waals surface area contributed by atoms with Crippen molar-refractivity contribution < 1.29 is 14.5 Å². The number of methoxy groups -OCH3 is 1. The summed E-state index contributed by atoms with van der Waals surface area (Å²) >= 11 is 0. The maximum absolute atomic E-state index is 13.7. The fraction of sp³-hybridized carbons (Fsp3) is 0.423. The van der Waals surface area contributed by atoms with Crippen molar-refractivity contribution in [1.82, 2.24) is 14.5 Å². The zero-order chi connectivity index (χ0) is 25.5. The molecule has 9 nitrogen and oxygen atoms in total. The second-order valence-corrected chi connectivity index (χ2v) is 8.58. The van der Waals surface area contributed by atoms with Gasteiger partial charge in [-0.1, -0.05) is 38.0 Å². The largest absolute Gasteiger partial charge is 0.383 e. The third-order valence-corrected chi connectivity index (χ3v) is 6.17. The molecule has 0 aliphatic rings. The zero-order valence-electron chi connectivity index (χ0n) is 20.7. The second kappa shape index (κ2) is 11.7. The summed E-state index contributed by atoms with van der Waals surface area (Å²) in [6.07, 6.45) is 2.65. The van der Waals surface area contributed by atoms with Crippen LogP contribution in [-0.2, 0) is 11.3 Å². The molecule has 0 bridgehead atoms. The predicted octanol–water partition coefficient (Wildman–Crippen LogP) is 4.65. The third kappa shape index (κ3) is 5.74. The molecule has 3 aromatic rings. The Morgan fingerprint density at radius 1 is 1.23 bits per heavy atom. The molecule has 1 atom stereocenters. The van der Waals surface area contributed by atoms with Gasteiger partial charge < -0.3 is 9.64 Å². The van der Waals surface area contributed by atoms with E-state index < -0.39 is 11.0 Å². The molecular formula is C26H32N4O5. The van der Waals surface area contributed by atoms with E-state index in [1.807, 2.05) is 13.0 Å². The fourth-order valence-electron chi connectivity index (χ4n) is 4.15. The fourth-order valence-corrected chi connectivity index (χ4v) is 4.15. The molecule has 2 aromatic carbocycles. The van der Waals surface area contributed by atoms with Crippen molar-refractivity contribution >= 4 is 22.5 Å². The summed E-state index contributed by atoms with van der Waals surface area (Å²) in [5, 5.41) is 12.0. The van der Waals surface area contributed by atoms with Gasteiger partial charge in [0.25, 0.3) is 17.2 Å². The number of rotatable bonds is 11. The molecule has 3 rings (SSSR count). The number of nitrogens with zero attached hydrogens (tertiary/aromatic N) is 4. The zero-order valence-corrected chi connectivity index (χ0v) is 20.7. The number of nitro groups is 1. The van der Waals surface area contributed by atoms with Crippen LogP contribution in [0.1, 0.15) is 60.9 Å². The Kier molecular flexibility index (Phi) is 8.70. The van der Waals surface area contributed by atoms with Crippen molar-refractivity contribution in [1.29, 1.82) is 0 Å². The van der Waals surface area contributed by atoms with Crippen LogP contribution in [0.3, 0.4) is 0 Å². The monoisotopic (exact) mass is 480 g/mol. The Labute approximate surface area is 204 Å². The first-order valence-electron chi connectivity index (χ1n) is 11.8. The van der Waals surface area contributed by atoms with Crippen molar-refractivity contribution in [2.45, 2.75) is 52.6 Å². The lowest BCUT2D eigenvalue weighted by Crippen LogP contribution is -2.39. The van der Waals surface area contributed by atoms with Crippen molar-refractivity contribution in [3.63, 3.8) is 0 Å². The van der Waals surface area contributed by atoms with Crippen LogP contribution in [0.5, 0.6) is 0 Å². The van der Waals surface area contributed by atoms with E-state index in [4.69, 9.17) is 9.72 Å². The molecule has 0 fully saturated rings. The molecule has 0 aliphatic heterocycles. The van der Waals surface area contributed by atoms with Crippen LogP contribution in [0.4, 0.5) is 5.69 Å². The van der Waals surface area contributed by atoms with Crippen molar-refractivity contribution in [2.75, 3.05) is 20.3 Å². The summed E-state index contributed by atoms with van der Waals surface area (Å²) in [6.45, 7) is 6.59. The number of fused-ring (bicyclic) bond motifs is 1. The molecule has 1 aromatic heterocycles. The Hall–Kier alpha value is -3.59. The first-order valence-corrected chi connectivity index (χ1v) is 11.8. The van der Waals surface area contributed by atoms with Gasteiger partial charge in [-0.2, -0.15) is 0 Å². The van der Waals surface area contributed by atoms with Crippen molar-refractivity contribution in [2.24, 2.45) is 0 Å². The van der Waals surface area contributed by atoms with Gasteiger partial charge in [0.1, 0.15) is 5.82 Å². The Bertz CT molecular complexity index is 1270. The van der Waals surface area contributed by atoms with Crippen LogP contribution < -0.4 is 5.56 Å². The molecular weight excluding hydrogens is 448 g/mol. The van der Waals surface area contributed by atoms with Gasteiger partial charge >= 0.3 is 0 Å². The topological polar surface area (TPSA) is 108 Å². The molecule has 186 valence electrons. The molecule has 9 heteroatoms. The highest BCUT2D eigenvalue weighted by Crippen LogP contribution is 2.26. The molecule has 0 saturated carbocycles. The maximum atomic E-state index is 13.7. The number of ether oxygens (including phenoxy) is 1. The summed E-state index contributed by atoms with van der Waals surface area (Å²) in [4.78, 5) is 44.4. The van der Waals surface area contributed by atoms with E-state index in [0.29, 0.717) is 42.0 Å². The standard InChI is InChI=1S/C26H32N4O5/c1-5-6-9-14-28(25(31)20-13-12-18(2)23(17-20)30(33)34)19(3)24-27-22-11-8-7-10-21(22)26(32)29(24)15-16-35-4/h7-8,10-13,17,19H,5-6,9,14-16H2,1-4H3. The highest BCUT2D eigenvalue weighted by molar-refractivity contribution is 5.95. The molecule has 0 aliphatic carbocycles. The van der Waals surface area contributed by atoms with Gasteiger partial charge in [0.15, 0.2) is 0 Å². The van der Waals surface area contributed by atoms with Crippen molar-refractivity contribution in [3.8, 4) is 0 Å². The molecule has 0 saturated heterocycles. The minimum absolute atomic E-state index is 0.0992. The number of benzene rings is 2. The molecule has 0 N–H and O–H groups in total. The molecule has 0 radical (unpaired) electrons. The minimum atomic E-state index is -0.547. The van der Waals surface area contributed by atoms with Gasteiger partial charge in [-0.05, 0) is 38.5 Å².